The Morgan fingerprint density at radius 1 is 0.396 bits per heavy atom. The number of anilines is 3. The lowest BCUT2D eigenvalue weighted by Gasteiger charge is -2.27. The minimum Gasteiger partial charge on any atom is -0.455 e. The van der Waals surface area contributed by atoms with Gasteiger partial charge in [0.25, 0.3) is 0 Å². The molecular formula is C50H31NOS. The highest BCUT2D eigenvalue weighted by Crippen LogP contribution is 2.49. The molecule has 0 aliphatic rings. The molecule has 0 aliphatic carbocycles. The van der Waals surface area contributed by atoms with Gasteiger partial charge in [0.1, 0.15) is 11.2 Å². The molecule has 0 saturated heterocycles. The largest absolute Gasteiger partial charge is 0.455 e. The zero-order chi connectivity index (χ0) is 34.9. The first-order valence-corrected chi connectivity index (χ1v) is 18.8. The van der Waals surface area contributed by atoms with E-state index in [0.717, 1.165) is 44.4 Å². The van der Waals surface area contributed by atoms with Gasteiger partial charge >= 0.3 is 0 Å². The lowest BCUT2D eigenvalue weighted by molar-refractivity contribution is 0.673. The molecule has 248 valence electrons. The first kappa shape index (κ1) is 30.0. The zero-order valence-electron chi connectivity index (χ0n) is 28.7. The molecule has 0 amide bonds. The van der Waals surface area contributed by atoms with E-state index < -0.39 is 0 Å². The molecule has 0 N–H and O–H groups in total. The fraction of sp³-hybridized carbons (Fsp3) is 0. The molecular weight excluding hydrogens is 663 g/mol. The normalized spacial score (nSPS) is 11.8. The summed E-state index contributed by atoms with van der Waals surface area (Å²) in [5, 5.41) is 9.56. The van der Waals surface area contributed by atoms with Gasteiger partial charge in [0.05, 0.1) is 5.69 Å². The van der Waals surface area contributed by atoms with Crippen molar-refractivity contribution in [2.24, 2.45) is 0 Å². The fourth-order valence-corrected chi connectivity index (χ4v) is 9.24. The van der Waals surface area contributed by atoms with Gasteiger partial charge < -0.3 is 9.32 Å². The molecule has 0 fully saturated rings. The molecule has 0 radical (unpaired) electrons. The first-order chi connectivity index (χ1) is 26.3. The van der Waals surface area contributed by atoms with Crippen molar-refractivity contribution in [3.05, 3.63) is 188 Å². The van der Waals surface area contributed by atoms with Crippen LogP contribution in [-0.2, 0) is 0 Å². The van der Waals surface area contributed by atoms with E-state index in [1.807, 2.05) is 11.3 Å². The summed E-state index contributed by atoms with van der Waals surface area (Å²) in [4.78, 5) is 2.41. The zero-order valence-corrected chi connectivity index (χ0v) is 29.5. The number of furan rings is 1. The van der Waals surface area contributed by atoms with Crippen LogP contribution < -0.4 is 4.90 Å². The van der Waals surface area contributed by atoms with Crippen molar-refractivity contribution in [1.82, 2.24) is 0 Å². The van der Waals surface area contributed by atoms with E-state index in [1.54, 1.807) is 0 Å². The number of rotatable bonds is 5. The minimum absolute atomic E-state index is 0.917. The Labute approximate surface area is 310 Å². The summed E-state index contributed by atoms with van der Waals surface area (Å²) in [6, 6.07) is 67.9. The van der Waals surface area contributed by atoms with Crippen LogP contribution in [-0.4, -0.2) is 0 Å². The molecule has 2 nitrogen and oxygen atoms in total. The van der Waals surface area contributed by atoms with Gasteiger partial charge in [-0.2, -0.15) is 0 Å². The van der Waals surface area contributed by atoms with Crippen molar-refractivity contribution in [3.8, 4) is 22.3 Å². The van der Waals surface area contributed by atoms with Gasteiger partial charge in [-0.3, -0.25) is 0 Å². The van der Waals surface area contributed by atoms with Crippen LogP contribution in [0.15, 0.2) is 192 Å². The summed E-state index contributed by atoms with van der Waals surface area (Å²) in [7, 11) is 0. The Kier molecular flexibility index (Phi) is 6.76. The van der Waals surface area contributed by atoms with Gasteiger partial charge in [-0.25, -0.2) is 0 Å². The van der Waals surface area contributed by atoms with Crippen LogP contribution in [0.2, 0.25) is 0 Å². The van der Waals surface area contributed by atoms with Gasteiger partial charge in [0.2, 0.25) is 0 Å². The Bertz CT molecular complexity index is 3150. The molecule has 2 heterocycles. The second-order valence-corrected chi connectivity index (χ2v) is 14.8. The Balaban J connectivity index is 1.14. The minimum atomic E-state index is 0.917. The van der Waals surface area contributed by atoms with Gasteiger partial charge in [0, 0.05) is 42.3 Å². The quantitative estimate of drug-likeness (QED) is 0.178. The molecule has 0 aliphatic heterocycles. The molecule has 2 aromatic heterocycles. The molecule has 11 rings (SSSR count). The summed E-state index contributed by atoms with van der Waals surface area (Å²) in [6.07, 6.45) is 0. The lowest BCUT2D eigenvalue weighted by atomic mass is 9.98. The monoisotopic (exact) mass is 693 g/mol. The maximum atomic E-state index is 6.84. The van der Waals surface area contributed by atoms with Crippen molar-refractivity contribution in [2.45, 2.75) is 0 Å². The Morgan fingerprint density at radius 3 is 1.81 bits per heavy atom. The summed E-state index contributed by atoms with van der Waals surface area (Å²) < 4.78 is 9.29. The topological polar surface area (TPSA) is 16.4 Å². The smallest absolute Gasteiger partial charge is 0.144 e. The van der Waals surface area contributed by atoms with Gasteiger partial charge in [-0.1, -0.05) is 127 Å². The standard InChI is InChI=1S/C50H31NOS/c1-2-10-32(11-3-1)33-20-24-38(25-21-33)51(39-26-22-35(23-27-39)41-17-8-15-34-12-6-7-16-40(34)41)44-18-9-19-46-48(44)49-47(53-46)29-28-42-43-30-36-13-4-5-14-37(36)31-45(43)52-50(42)49/h1-31H. The van der Waals surface area contributed by atoms with Crippen molar-refractivity contribution in [2.75, 3.05) is 4.90 Å². The number of benzene rings is 9. The van der Waals surface area contributed by atoms with Crippen molar-refractivity contribution < 1.29 is 4.42 Å². The number of nitrogens with zero attached hydrogens (tertiary/aromatic N) is 1. The second-order valence-electron chi connectivity index (χ2n) is 13.7. The van der Waals surface area contributed by atoms with E-state index in [1.165, 1.54) is 58.6 Å². The third kappa shape index (κ3) is 4.86. The number of fused-ring (bicyclic) bond motifs is 9. The summed E-state index contributed by atoms with van der Waals surface area (Å²) >= 11 is 1.83. The molecule has 0 spiro atoms. The molecule has 11 aromatic rings. The summed E-state index contributed by atoms with van der Waals surface area (Å²) in [6.45, 7) is 0. The van der Waals surface area contributed by atoms with Crippen LogP contribution in [0.5, 0.6) is 0 Å². The van der Waals surface area contributed by atoms with E-state index in [-0.39, 0.29) is 0 Å². The maximum absolute atomic E-state index is 6.84. The summed E-state index contributed by atoms with van der Waals surface area (Å²) in [5.41, 5.74) is 10.00. The van der Waals surface area contributed by atoms with Crippen LogP contribution in [0.1, 0.15) is 0 Å². The van der Waals surface area contributed by atoms with E-state index in [2.05, 4.69) is 193 Å². The Hall–Kier alpha value is -6.68. The predicted octanol–water partition coefficient (Wildman–Crippen LogP) is 15.1. The molecule has 0 unspecified atom stereocenters. The molecule has 53 heavy (non-hydrogen) atoms. The predicted molar refractivity (Wildman–Crippen MR) is 227 cm³/mol. The van der Waals surface area contributed by atoms with E-state index in [4.69, 9.17) is 4.42 Å². The lowest BCUT2D eigenvalue weighted by Crippen LogP contribution is -2.10. The third-order valence-electron chi connectivity index (χ3n) is 10.6. The van der Waals surface area contributed by atoms with E-state index in [0.29, 0.717) is 0 Å². The van der Waals surface area contributed by atoms with Crippen molar-refractivity contribution in [1.29, 1.82) is 0 Å². The molecule has 3 heteroatoms. The van der Waals surface area contributed by atoms with Crippen LogP contribution in [0.3, 0.4) is 0 Å². The van der Waals surface area contributed by atoms with Crippen molar-refractivity contribution >= 4 is 92.1 Å². The average Bonchev–Trinajstić information content (AvgIpc) is 3.79. The van der Waals surface area contributed by atoms with E-state index >= 15 is 0 Å². The van der Waals surface area contributed by atoms with Crippen LogP contribution in [0.4, 0.5) is 17.1 Å². The molecule has 9 aromatic carbocycles. The van der Waals surface area contributed by atoms with Gasteiger partial charge in [-0.15, -0.1) is 11.3 Å². The van der Waals surface area contributed by atoms with Crippen LogP contribution in [0.25, 0.3) is 85.9 Å². The summed E-state index contributed by atoms with van der Waals surface area (Å²) in [5.74, 6) is 0. The highest BCUT2D eigenvalue weighted by molar-refractivity contribution is 7.26. The number of hydrogen-bond donors (Lipinski definition) is 0. The molecule has 0 saturated carbocycles. The highest BCUT2D eigenvalue weighted by atomic mass is 32.1. The van der Waals surface area contributed by atoms with E-state index in [9.17, 15) is 0 Å². The fourth-order valence-electron chi connectivity index (χ4n) is 8.12. The first-order valence-electron chi connectivity index (χ1n) is 18.0. The van der Waals surface area contributed by atoms with Crippen molar-refractivity contribution in [3.63, 3.8) is 0 Å². The Morgan fingerprint density at radius 2 is 1.02 bits per heavy atom. The number of hydrogen-bond acceptors (Lipinski definition) is 3. The average molecular weight is 694 g/mol. The second kappa shape index (κ2) is 11.9. The highest BCUT2D eigenvalue weighted by Gasteiger charge is 2.22. The molecule has 0 atom stereocenters. The SMILES string of the molecule is c1ccc(-c2ccc(N(c3ccc(-c4cccc5ccccc45)cc3)c3cccc4sc5ccc6c7cc8ccccc8cc7oc6c5c34)cc2)cc1. The molecule has 0 bridgehead atoms. The van der Waals surface area contributed by atoms with Gasteiger partial charge in [-0.05, 0) is 104 Å². The maximum Gasteiger partial charge on any atom is 0.144 e. The third-order valence-corrected chi connectivity index (χ3v) is 11.8. The number of thiophene rings is 1. The van der Waals surface area contributed by atoms with Crippen LogP contribution in [0, 0.1) is 0 Å². The van der Waals surface area contributed by atoms with Gasteiger partial charge in [0.15, 0.2) is 0 Å². The van der Waals surface area contributed by atoms with Crippen LogP contribution >= 0.6 is 11.3 Å².